The first kappa shape index (κ1) is 29.2. The SMILES string of the molecule is COc1cc(N=Nc2c(S(=O)(=O)O)cc3cc(S(=O)(=O)O)c(N)cc3c2O)ccc1N=Nc1ccc2c(c1)C(=O)NC2=O. The predicted molar refractivity (Wildman–Crippen MR) is 149 cm³/mol. The Kier molecular flexibility index (Phi) is 7.14. The van der Waals surface area contributed by atoms with Crippen LogP contribution < -0.4 is 15.8 Å². The van der Waals surface area contributed by atoms with Crippen LogP contribution in [0.2, 0.25) is 0 Å². The van der Waals surface area contributed by atoms with Crippen molar-refractivity contribution >= 4 is 71.3 Å². The number of nitrogen functional groups attached to an aromatic ring is 1. The average Bonchev–Trinajstić information content (AvgIpc) is 3.22. The molecule has 1 aliphatic rings. The van der Waals surface area contributed by atoms with E-state index in [9.17, 15) is 40.6 Å². The van der Waals surface area contributed by atoms with Crippen molar-refractivity contribution in [2.45, 2.75) is 9.79 Å². The van der Waals surface area contributed by atoms with Crippen molar-refractivity contribution in [2.75, 3.05) is 12.8 Å². The van der Waals surface area contributed by atoms with Crippen LogP contribution in [-0.2, 0) is 20.2 Å². The number of hydrogen-bond donors (Lipinski definition) is 5. The summed E-state index contributed by atoms with van der Waals surface area (Å²) in [5, 5.41) is 28.5. The summed E-state index contributed by atoms with van der Waals surface area (Å²) in [5.41, 5.74) is 5.53. The number of carbonyl (C=O) groups is 2. The number of azo groups is 2. The number of carbonyl (C=O) groups excluding carboxylic acids is 2. The number of amides is 2. The normalized spacial score (nSPS) is 13.7. The summed E-state index contributed by atoms with van der Waals surface area (Å²) < 4.78 is 71.9. The number of aromatic hydroxyl groups is 1. The third-order valence-electron chi connectivity index (χ3n) is 6.16. The topological polar surface area (TPSA) is 260 Å². The van der Waals surface area contributed by atoms with Crippen LogP contribution in [0.3, 0.4) is 0 Å². The Morgan fingerprint density at radius 1 is 0.767 bits per heavy atom. The van der Waals surface area contributed by atoms with Gasteiger partial charge in [0, 0.05) is 11.5 Å². The molecule has 1 aliphatic heterocycles. The van der Waals surface area contributed by atoms with Crippen LogP contribution in [0.25, 0.3) is 10.8 Å². The highest BCUT2D eigenvalue weighted by molar-refractivity contribution is 7.86. The molecule has 0 saturated carbocycles. The third-order valence-corrected chi connectivity index (χ3v) is 7.94. The van der Waals surface area contributed by atoms with E-state index in [1.165, 1.54) is 43.5 Å². The van der Waals surface area contributed by atoms with Crippen LogP contribution in [0.1, 0.15) is 20.7 Å². The van der Waals surface area contributed by atoms with Gasteiger partial charge in [-0.2, -0.15) is 27.1 Å². The number of hydrogen-bond acceptors (Lipinski definition) is 13. The minimum absolute atomic E-state index is 0.0885. The first-order valence-electron chi connectivity index (χ1n) is 11.7. The van der Waals surface area contributed by atoms with Crippen LogP contribution >= 0.6 is 0 Å². The molecule has 6 N–H and O–H groups in total. The van der Waals surface area contributed by atoms with Crippen molar-refractivity contribution in [2.24, 2.45) is 20.5 Å². The predicted octanol–water partition coefficient (Wildman–Crippen LogP) is 4.34. The average molecular weight is 627 g/mol. The monoisotopic (exact) mass is 626 g/mol. The van der Waals surface area contributed by atoms with Gasteiger partial charge >= 0.3 is 0 Å². The van der Waals surface area contributed by atoms with E-state index >= 15 is 0 Å². The fourth-order valence-electron chi connectivity index (χ4n) is 4.16. The quantitative estimate of drug-likeness (QED) is 0.0833. The Balaban J connectivity index is 1.51. The molecule has 0 bridgehead atoms. The Morgan fingerprint density at radius 3 is 2.05 bits per heavy atom. The van der Waals surface area contributed by atoms with Crippen molar-refractivity contribution in [3.63, 3.8) is 0 Å². The van der Waals surface area contributed by atoms with Gasteiger partial charge in [-0.15, -0.1) is 10.2 Å². The smallest absolute Gasteiger partial charge is 0.296 e. The van der Waals surface area contributed by atoms with E-state index < -0.39 is 59.0 Å². The molecule has 0 spiro atoms. The maximum absolute atomic E-state index is 12.1. The second-order valence-corrected chi connectivity index (χ2v) is 11.7. The molecular weight excluding hydrogens is 608 g/mol. The number of nitrogens with two attached hydrogens (primary N) is 1. The van der Waals surface area contributed by atoms with Gasteiger partial charge in [-0.1, -0.05) is 0 Å². The lowest BCUT2D eigenvalue weighted by Crippen LogP contribution is -2.19. The van der Waals surface area contributed by atoms with Crippen molar-refractivity contribution in [3.8, 4) is 11.5 Å². The van der Waals surface area contributed by atoms with Crippen LogP contribution in [0, 0.1) is 0 Å². The van der Waals surface area contributed by atoms with Gasteiger partial charge in [0.15, 0.2) is 5.75 Å². The number of methoxy groups -OCH3 is 1. The Morgan fingerprint density at radius 2 is 1.37 bits per heavy atom. The van der Waals surface area contributed by atoms with E-state index in [4.69, 9.17) is 10.5 Å². The Hall–Kier alpha value is -5.30. The molecule has 0 saturated heterocycles. The molecule has 0 radical (unpaired) electrons. The number of benzene rings is 4. The summed E-state index contributed by atoms with van der Waals surface area (Å²) in [6.45, 7) is 0. The number of anilines is 1. The Bertz CT molecular complexity index is 2160. The van der Waals surface area contributed by atoms with Crippen molar-refractivity contribution < 1.29 is 45.4 Å². The van der Waals surface area contributed by atoms with Gasteiger partial charge in [0.05, 0.1) is 35.3 Å². The molecule has 4 aromatic carbocycles. The van der Waals surface area contributed by atoms with Gasteiger partial charge in [0.25, 0.3) is 32.1 Å². The maximum Gasteiger partial charge on any atom is 0.296 e. The number of nitrogens with zero attached hydrogens (tertiary/aromatic N) is 4. The van der Waals surface area contributed by atoms with E-state index in [1.54, 1.807) is 0 Å². The minimum atomic E-state index is -5.03. The number of imide groups is 1. The number of rotatable bonds is 7. The van der Waals surface area contributed by atoms with Crippen molar-refractivity contribution in [1.29, 1.82) is 0 Å². The van der Waals surface area contributed by atoms with Crippen LogP contribution in [0.15, 0.2) is 84.8 Å². The van der Waals surface area contributed by atoms with Crippen LogP contribution in [-0.4, -0.2) is 50.0 Å². The van der Waals surface area contributed by atoms with Gasteiger partial charge in [-0.25, -0.2) is 0 Å². The van der Waals surface area contributed by atoms with Gasteiger partial charge < -0.3 is 15.6 Å². The summed E-state index contributed by atoms with van der Waals surface area (Å²) in [6.07, 6.45) is 0. The van der Waals surface area contributed by atoms with E-state index in [0.29, 0.717) is 0 Å². The fourth-order valence-corrected chi connectivity index (χ4v) is 5.45. The molecule has 0 aliphatic carbocycles. The lowest BCUT2D eigenvalue weighted by molar-refractivity contribution is 0.0879. The van der Waals surface area contributed by atoms with Gasteiger partial charge in [0.2, 0.25) is 0 Å². The van der Waals surface area contributed by atoms with Crippen molar-refractivity contribution in [3.05, 3.63) is 65.7 Å². The zero-order chi connectivity index (χ0) is 31.3. The van der Waals surface area contributed by atoms with E-state index in [2.05, 4.69) is 25.8 Å². The summed E-state index contributed by atoms with van der Waals surface area (Å²) >= 11 is 0. The van der Waals surface area contributed by atoms with E-state index in [1.807, 2.05) is 0 Å². The van der Waals surface area contributed by atoms with E-state index in [0.717, 1.165) is 18.2 Å². The molecular formula is C25H18N6O10S2. The zero-order valence-corrected chi connectivity index (χ0v) is 23.2. The summed E-state index contributed by atoms with van der Waals surface area (Å²) in [4.78, 5) is 22.0. The summed E-state index contributed by atoms with van der Waals surface area (Å²) in [7, 11) is -8.49. The molecule has 43 heavy (non-hydrogen) atoms. The van der Waals surface area contributed by atoms with Gasteiger partial charge in [-0.05, 0) is 53.9 Å². The molecule has 0 unspecified atom stereocenters. The highest BCUT2D eigenvalue weighted by Crippen LogP contribution is 2.43. The van der Waals surface area contributed by atoms with Gasteiger partial charge in [-0.3, -0.25) is 24.0 Å². The number of fused-ring (bicyclic) bond motifs is 2. The number of nitrogens with one attached hydrogen (secondary N) is 1. The largest absolute Gasteiger partial charge is 0.505 e. The first-order valence-corrected chi connectivity index (χ1v) is 14.6. The summed E-state index contributed by atoms with van der Waals surface area (Å²) in [5.74, 6) is -1.71. The minimum Gasteiger partial charge on any atom is -0.505 e. The first-order chi connectivity index (χ1) is 20.2. The lowest BCUT2D eigenvalue weighted by Gasteiger charge is -2.11. The molecule has 0 fully saturated rings. The molecule has 0 atom stereocenters. The highest BCUT2D eigenvalue weighted by Gasteiger charge is 2.27. The van der Waals surface area contributed by atoms with Crippen LogP contribution in [0.4, 0.5) is 28.4 Å². The fraction of sp³-hybridized carbons (Fsp3) is 0.0400. The second-order valence-electron chi connectivity index (χ2n) is 8.90. The van der Waals surface area contributed by atoms with E-state index in [-0.39, 0.29) is 44.7 Å². The van der Waals surface area contributed by atoms with Gasteiger partial charge in [0.1, 0.15) is 26.9 Å². The molecule has 5 rings (SSSR count). The Labute approximate surface area is 242 Å². The van der Waals surface area contributed by atoms with Crippen molar-refractivity contribution in [1.82, 2.24) is 5.32 Å². The van der Waals surface area contributed by atoms with Crippen LogP contribution in [0.5, 0.6) is 11.5 Å². The molecule has 2 amide bonds. The third kappa shape index (κ3) is 5.62. The standard InChI is InChI=1S/C25H18N6O10S2/c1-41-19-9-13(3-5-18(19)30-28-12-2-4-14-16(8-12)25(34)27-24(14)33)29-31-22-21(43(38,39)40)7-11-6-20(42(35,36)37)17(26)10-15(11)23(22)32/h2-10,32H,26H2,1H3,(H,27,33,34)(H,35,36,37)(H,38,39,40). The molecule has 18 heteroatoms. The number of phenols is 1. The maximum atomic E-state index is 12.1. The number of ether oxygens (including phenoxy) is 1. The highest BCUT2D eigenvalue weighted by atomic mass is 32.2. The zero-order valence-electron chi connectivity index (χ0n) is 21.6. The molecule has 220 valence electrons. The molecule has 4 aromatic rings. The molecule has 0 aromatic heterocycles. The molecule has 1 heterocycles. The number of phenolic OH excluding ortho intramolecular Hbond substituents is 1. The molecule has 16 nitrogen and oxygen atoms in total. The second kappa shape index (κ2) is 10.5. The summed E-state index contributed by atoms with van der Waals surface area (Å²) in [6, 6.07) is 11.2. The lowest BCUT2D eigenvalue weighted by atomic mass is 10.1.